The van der Waals surface area contributed by atoms with Crippen LogP contribution in [0.2, 0.25) is 0 Å². The van der Waals surface area contributed by atoms with E-state index in [1.54, 1.807) is 0 Å². The predicted molar refractivity (Wildman–Crippen MR) is 86.1 cm³/mol. The number of carbonyl (C=O) groups is 1. The van der Waals surface area contributed by atoms with Gasteiger partial charge in [0.2, 0.25) is 0 Å². The Morgan fingerprint density at radius 3 is 2.45 bits per heavy atom. The fraction of sp³-hybridized carbons (Fsp3) is 0.562. The van der Waals surface area contributed by atoms with Crippen molar-refractivity contribution in [2.24, 2.45) is 5.92 Å². The van der Waals surface area contributed by atoms with Crippen molar-refractivity contribution >= 4 is 21.8 Å². The van der Waals surface area contributed by atoms with Crippen molar-refractivity contribution in [3.05, 3.63) is 33.8 Å². The van der Waals surface area contributed by atoms with E-state index in [4.69, 9.17) is 0 Å². The summed E-state index contributed by atoms with van der Waals surface area (Å²) in [5, 5.41) is 0. The Bertz CT molecular complexity index is 479. The fourth-order valence-electron chi connectivity index (χ4n) is 2.61. The molecule has 4 heteroatoms. The van der Waals surface area contributed by atoms with Gasteiger partial charge in [0, 0.05) is 37.2 Å². The second-order valence-electron chi connectivity index (χ2n) is 5.97. The van der Waals surface area contributed by atoms with Crippen LogP contribution < -0.4 is 0 Å². The zero-order valence-electron chi connectivity index (χ0n) is 12.5. The molecule has 0 aliphatic carbocycles. The van der Waals surface area contributed by atoms with Crippen LogP contribution in [0.1, 0.15) is 29.8 Å². The molecule has 1 aliphatic rings. The molecular weight excluding hydrogens is 316 g/mol. The first-order valence-corrected chi connectivity index (χ1v) is 8.04. The van der Waals surface area contributed by atoms with Crippen molar-refractivity contribution in [2.75, 3.05) is 32.7 Å². The van der Waals surface area contributed by atoms with Crippen LogP contribution in [0.25, 0.3) is 0 Å². The van der Waals surface area contributed by atoms with E-state index in [1.807, 2.05) is 30.0 Å². The number of amides is 1. The third-order valence-corrected chi connectivity index (χ3v) is 4.29. The molecule has 1 saturated heterocycles. The smallest absolute Gasteiger partial charge is 0.255 e. The van der Waals surface area contributed by atoms with Crippen molar-refractivity contribution in [2.45, 2.75) is 20.8 Å². The lowest BCUT2D eigenvalue weighted by atomic mass is 10.1. The van der Waals surface area contributed by atoms with Gasteiger partial charge in [0.05, 0.1) is 5.56 Å². The summed E-state index contributed by atoms with van der Waals surface area (Å²) >= 11 is 3.50. The molecule has 0 saturated carbocycles. The van der Waals surface area contributed by atoms with E-state index in [2.05, 4.69) is 34.7 Å². The number of hydrogen-bond acceptors (Lipinski definition) is 2. The van der Waals surface area contributed by atoms with Crippen LogP contribution in [0, 0.1) is 12.8 Å². The van der Waals surface area contributed by atoms with E-state index >= 15 is 0 Å². The summed E-state index contributed by atoms with van der Waals surface area (Å²) in [5.41, 5.74) is 1.93. The summed E-state index contributed by atoms with van der Waals surface area (Å²) in [7, 11) is 0. The normalized spacial score (nSPS) is 16.8. The van der Waals surface area contributed by atoms with Gasteiger partial charge in [-0.3, -0.25) is 9.69 Å². The van der Waals surface area contributed by atoms with Gasteiger partial charge in [-0.05, 0) is 46.5 Å². The maximum atomic E-state index is 12.5. The molecular formula is C16H23BrN2O. The second kappa shape index (κ2) is 6.72. The van der Waals surface area contributed by atoms with Gasteiger partial charge < -0.3 is 4.90 Å². The molecule has 0 bridgehead atoms. The van der Waals surface area contributed by atoms with Gasteiger partial charge in [0.15, 0.2) is 0 Å². The first-order valence-electron chi connectivity index (χ1n) is 7.25. The van der Waals surface area contributed by atoms with Gasteiger partial charge in [-0.1, -0.05) is 19.9 Å². The minimum absolute atomic E-state index is 0.140. The van der Waals surface area contributed by atoms with Crippen LogP contribution in [0.3, 0.4) is 0 Å². The molecule has 1 aromatic carbocycles. The highest BCUT2D eigenvalue weighted by Crippen LogP contribution is 2.20. The number of nitrogens with zero attached hydrogens (tertiary/aromatic N) is 2. The molecule has 1 aromatic rings. The Balaban J connectivity index is 1.98. The largest absolute Gasteiger partial charge is 0.336 e. The fourth-order valence-corrected chi connectivity index (χ4v) is 3.28. The van der Waals surface area contributed by atoms with Crippen molar-refractivity contribution in [3.8, 4) is 0 Å². The number of rotatable bonds is 3. The van der Waals surface area contributed by atoms with Gasteiger partial charge in [-0.15, -0.1) is 0 Å². The number of hydrogen-bond donors (Lipinski definition) is 0. The first-order chi connectivity index (χ1) is 9.47. The molecule has 0 radical (unpaired) electrons. The van der Waals surface area contributed by atoms with E-state index in [0.29, 0.717) is 5.92 Å². The van der Waals surface area contributed by atoms with Gasteiger partial charge in [0.25, 0.3) is 5.91 Å². The molecule has 0 atom stereocenters. The SMILES string of the molecule is Cc1ccc(C(=O)N2CCN(CC(C)C)CC2)c(Br)c1. The molecule has 0 unspecified atom stereocenters. The Hall–Kier alpha value is -0.870. The molecule has 1 fully saturated rings. The minimum Gasteiger partial charge on any atom is -0.336 e. The summed E-state index contributed by atoms with van der Waals surface area (Å²) < 4.78 is 0.895. The lowest BCUT2D eigenvalue weighted by molar-refractivity contribution is 0.0623. The van der Waals surface area contributed by atoms with Crippen LogP contribution in [0.15, 0.2) is 22.7 Å². The quantitative estimate of drug-likeness (QED) is 0.845. The first kappa shape index (κ1) is 15.5. The topological polar surface area (TPSA) is 23.6 Å². The minimum atomic E-state index is 0.140. The molecule has 20 heavy (non-hydrogen) atoms. The van der Waals surface area contributed by atoms with Gasteiger partial charge in [0.1, 0.15) is 0 Å². The maximum Gasteiger partial charge on any atom is 0.255 e. The van der Waals surface area contributed by atoms with E-state index < -0.39 is 0 Å². The average molecular weight is 339 g/mol. The van der Waals surface area contributed by atoms with Crippen LogP contribution in [0.4, 0.5) is 0 Å². The Labute approximate surface area is 130 Å². The second-order valence-corrected chi connectivity index (χ2v) is 6.82. The third-order valence-electron chi connectivity index (χ3n) is 3.64. The van der Waals surface area contributed by atoms with Crippen molar-refractivity contribution in [3.63, 3.8) is 0 Å². The Kier molecular flexibility index (Phi) is 5.22. The lowest BCUT2D eigenvalue weighted by Gasteiger charge is -2.35. The summed E-state index contributed by atoms with van der Waals surface area (Å²) in [5.74, 6) is 0.824. The van der Waals surface area contributed by atoms with Crippen LogP contribution in [-0.2, 0) is 0 Å². The molecule has 1 amide bonds. The highest BCUT2D eigenvalue weighted by atomic mass is 79.9. The molecule has 1 heterocycles. The highest BCUT2D eigenvalue weighted by molar-refractivity contribution is 9.10. The molecule has 3 nitrogen and oxygen atoms in total. The summed E-state index contributed by atoms with van der Waals surface area (Å²) in [6.45, 7) is 11.2. The van der Waals surface area contributed by atoms with E-state index in [9.17, 15) is 4.79 Å². The predicted octanol–water partition coefficient (Wildman–Crippen LogP) is 3.17. The molecule has 2 rings (SSSR count). The van der Waals surface area contributed by atoms with Gasteiger partial charge in [-0.2, -0.15) is 0 Å². The maximum absolute atomic E-state index is 12.5. The summed E-state index contributed by atoms with van der Waals surface area (Å²) in [6, 6.07) is 5.91. The lowest BCUT2D eigenvalue weighted by Crippen LogP contribution is -2.49. The number of piperazine rings is 1. The molecule has 110 valence electrons. The summed E-state index contributed by atoms with van der Waals surface area (Å²) in [4.78, 5) is 16.9. The van der Waals surface area contributed by atoms with Crippen LogP contribution in [0.5, 0.6) is 0 Å². The monoisotopic (exact) mass is 338 g/mol. The number of halogens is 1. The van der Waals surface area contributed by atoms with Crippen molar-refractivity contribution in [1.29, 1.82) is 0 Å². The van der Waals surface area contributed by atoms with Crippen LogP contribution in [-0.4, -0.2) is 48.4 Å². The van der Waals surface area contributed by atoms with E-state index in [1.165, 1.54) is 0 Å². The highest BCUT2D eigenvalue weighted by Gasteiger charge is 2.23. The standard InChI is InChI=1S/C16H23BrN2O/c1-12(2)11-18-6-8-19(9-7-18)16(20)14-5-4-13(3)10-15(14)17/h4-5,10,12H,6-9,11H2,1-3H3. The molecule has 0 spiro atoms. The molecule has 0 aromatic heterocycles. The van der Waals surface area contributed by atoms with Crippen molar-refractivity contribution in [1.82, 2.24) is 9.80 Å². The summed E-state index contributed by atoms with van der Waals surface area (Å²) in [6.07, 6.45) is 0. The van der Waals surface area contributed by atoms with Gasteiger partial charge >= 0.3 is 0 Å². The van der Waals surface area contributed by atoms with E-state index in [0.717, 1.165) is 48.3 Å². The Morgan fingerprint density at radius 1 is 1.25 bits per heavy atom. The number of benzene rings is 1. The molecule has 0 N–H and O–H groups in total. The average Bonchev–Trinajstić information content (AvgIpc) is 2.38. The number of aryl methyl sites for hydroxylation is 1. The molecule has 1 aliphatic heterocycles. The van der Waals surface area contributed by atoms with E-state index in [-0.39, 0.29) is 5.91 Å². The van der Waals surface area contributed by atoms with Crippen LogP contribution >= 0.6 is 15.9 Å². The number of carbonyl (C=O) groups excluding carboxylic acids is 1. The van der Waals surface area contributed by atoms with Crippen molar-refractivity contribution < 1.29 is 4.79 Å². The third kappa shape index (κ3) is 3.83. The van der Waals surface area contributed by atoms with Gasteiger partial charge in [-0.25, -0.2) is 0 Å². The zero-order chi connectivity index (χ0) is 14.7. The Morgan fingerprint density at radius 2 is 1.90 bits per heavy atom. The zero-order valence-corrected chi connectivity index (χ0v) is 14.1.